The number of carbonyl (C=O) groups is 1. The van der Waals surface area contributed by atoms with Crippen LogP contribution in [0, 0.1) is 0 Å². The van der Waals surface area contributed by atoms with Gasteiger partial charge in [0.1, 0.15) is 0 Å². The summed E-state index contributed by atoms with van der Waals surface area (Å²) in [6.07, 6.45) is 2.19. The van der Waals surface area contributed by atoms with Crippen LogP contribution in [0.1, 0.15) is 5.89 Å². The summed E-state index contributed by atoms with van der Waals surface area (Å²) >= 11 is 3.33. The van der Waals surface area contributed by atoms with Gasteiger partial charge in [0.25, 0.3) is 0 Å². The fourth-order valence-electron chi connectivity index (χ4n) is 1.18. The fourth-order valence-corrected chi connectivity index (χ4v) is 1.58. The maximum Gasteiger partial charge on any atom is 0.328 e. The molecule has 0 fully saturated rings. The predicted molar refractivity (Wildman–Crippen MR) is 64.1 cm³/mol. The van der Waals surface area contributed by atoms with Gasteiger partial charge in [-0.1, -0.05) is 22.0 Å². The Labute approximate surface area is 105 Å². The van der Waals surface area contributed by atoms with E-state index in [4.69, 9.17) is 9.52 Å². The molecule has 0 aliphatic carbocycles. The summed E-state index contributed by atoms with van der Waals surface area (Å²) in [5.41, 5.74) is 0.766. The van der Waals surface area contributed by atoms with Gasteiger partial charge in [-0.3, -0.25) is 0 Å². The van der Waals surface area contributed by atoms with Crippen LogP contribution in [0.15, 0.2) is 39.2 Å². The van der Waals surface area contributed by atoms with Crippen molar-refractivity contribution in [1.29, 1.82) is 0 Å². The van der Waals surface area contributed by atoms with Crippen molar-refractivity contribution in [3.05, 3.63) is 40.7 Å². The molecule has 0 amide bonds. The fraction of sp³-hybridized carbons (Fsp3) is 0. The lowest BCUT2D eigenvalue weighted by Crippen LogP contribution is -1.85. The number of benzene rings is 1. The highest BCUT2D eigenvalue weighted by atomic mass is 79.9. The number of halogens is 1. The molecule has 0 aliphatic heterocycles. The Morgan fingerprint density at radius 3 is 2.94 bits per heavy atom. The summed E-state index contributed by atoms with van der Waals surface area (Å²) < 4.78 is 6.18. The number of nitrogens with zero attached hydrogens (tertiary/aromatic N) is 2. The highest BCUT2D eigenvalue weighted by Crippen LogP contribution is 2.21. The molecular weight excluding hydrogens is 288 g/mol. The van der Waals surface area contributed by atoms with Gasteiger partial charge in [-0.25, -0.2) is 4.79 Å². The van der Waals surface area contributed by atoms with Crippen LogP contribution < -0.4 is 0 Å². The van der Waals surface area contributed by atoms with Crippen LogP contribution in [0.5, 0.6) is 0 Å². The standard InChI is InChI=1S/C11H7BrN2O3/c12-8-3-1-2-7(6-8)11-14-13-9(17-11)4-5-10(15)16/h1-6H,(H,15,16)/b5-4+. The lowest BCUT2D eigenvalue weighted by Gasteiger charge is -1.94. The molecule has 1 aromatic carbocycles. The summed E-state index contributed by atoms with van der Waals surface area (Å²) in [4.78, 5) is 10.3. The van der Waals surface area contributed by atoms with Crippen molar-refractivity contribution in [3.8, 4) is 11.5 Å². The van der Waals surface area contributed by atoms with Crippen molar-refractivity contribution in [2.75, 3.05) is 0 Å². The van der Waals surface area contributed by atoms with Gasteiger partial charge >= 0.3 is 5.97 Å². The number of carboxylic acid groups (broad SMARTS) is 1. The summed E-state index contributed by atoms with van der Waals surface area (Å²) in [5, 5.41) is 16.0. The lowest BCUT2D eigenvalue weighted by atomic mass is 10.2. The quantitative estimate of drug-likeness (QED) is 0.881. The van der Waals surface area contributed by atoms with Crippen LogP contribution in [-0.4, -0.2) is 21.3 Å². The average Bonchev–Trinajstić information content (AvgIpc) is 2.75. The first-order chi connectivity index (χ1) is 8.15. The summed E-state index contributed by atoms with van der Waals surface area (Å²) in [5.74, 6) is -0.564. The van der Waals surface area contributed by atoms with Crippen molar-refractivity contribution in [2.24, 2.45) is 0 Å². The van der Waals surface area contributed by atoms with Crippen molar-refractivity contribution in [2.45, 2.75) is 0 Å². The molecule has 0 aliphatic rings. The van der Waals surface area contributed by atoms with E-state index >= 15 is 0 Å². The van der Waals surface area contributed by atoms with Gasteiger partial charge in [0.05, 0.1) is 0 Å². The molecule has 2 aromatic rings. The Morgan fingerprint density at radius 2 is 2.24 bits per heavy atom. The van der Waals surface area contributed by atoms with Gasteiger partial charge in [0.2, 0.25) is 11.8 Å². The van der Waals surface area contributed by atoms with Crippen LogP contribution in [0.2, 0.25) is 0 Å². The van der Waals surface area contributed by atoms with E-state index < -0.39 is 5.97 Å². The number of carboxylic acids is 1. The molecule has 0 saturated carbocycles. The van der Waals surface area contributed by atoms with Crippen molar-refractivity contribution < 1.29 is 14.3 Å². The molecule has 17 heavy (non-hydrogen) atoms. The number of hydrogen-bond donors (Lipinski definition) is 1. The highest BCUT2D eigenvalue weighted by molar-refractivity contribution is 9.10. The Morgan fingerprint density at radius 1 is 1.41 bits per heavy atom. The first kappa shape index (κ1) is 11.5. The molecule has 1 heterocycles. The third-order valence-electron chi connectivity index (χ3n) is 1.88. The normalized spacial score (nSPS) is 10.9. The topological polar surface area (TPSA) is 76.2 Å². The molecule has 0 bridgehead atoms. The zero-order valence-corrected chi connectivity index (χ0v) is 10.1. The van der Waals surface area contributed by atoms with E-state index in [2.05, 4.69) is 26.1 Å². The molecule has 0 spiro atoms. The van der Waals surface area contributed by atoms with Gasteiger partial charge < -0.3 is 9.52 Å². The monoisotopic (exact) mass is 294 g/mol. The minimum absolute atomic E-state index is 0.155. The van der Waals surface area contributed by atoms with Crippen LogP contribution >= 0.6 is 15.9 Å². The molecule has 1 N–H and O–H groups in total. The van der Waals surface area contributed by atoms with E-state index in [1.165, 1.54) is 6.08 Å². The van der Waals surface area contributed by atoms with Gasteiger partial charge in [-0.15, -0.1) is 10.2 Å². The van der Waals surface area contributed by atoms with E-state index in [1.807, 2.05) is 24.3 Å². The van der Waals surface area contributed by atoms with Crippen molar-refractivity contribution in [3.63, 3.8) is 0 Å². The number of hydrogen-bond acceptors (Lipinski definition) is 4. The van der Waals surface area contributed by atoms with Gasteiger partial charge in [-0.2, -0.15) is 0 Å². The summed E-state index contributed by atoms with van der Waals surface area (Å²) in [6.45, 7) is 0. The number of rotatable bonds is 3. The number of aliphatic carboxylic acids is 1. The molecule has 2 rings (SSSR count). The zero-order valence-electron chi connectivity index (χ0n) is 8.50. The second-order valence-corrected chi connectivity index (χ2v) is 4.04. The van der Waals surface area contributed by atoms with Crippen LogP contribution in [-0.2, 0) is 4.79 Å². The van der Waals surface area contributed by atoms with E-state index in [0.29, 0.717) is 5.89 Å². The molecule has 5 nitrogen and oxygen atoms in total. The minimum Gasteiger partial charge on any atom is -0.478 e. The molecule has 0 unspecified atom stereocenters. The van der Waals surface area contributed by atoms with Crippen LogP contribution in [0.3, 0.4) is 0 Å². The Balaban J connectivity index is 2.27. The molecule has 0 radical (unpaired) electrons. The highest BCUT2D eigenvalue weighted by Gasteiger charge is 2.06. The van der Waals surface area contributed by atoms with E-state index in [1.54, 1.807) is 0 Å². The number of aromatic nitrogens is 2. The summed E-state index contributed by atoms with van der Waals surface area (Å²) in [7, 11) is 0. The van der Waals surface area contributed by atoms with E-state index in [9.17, 15) is 4.79 Å². The van der Waals surface area contributed by atoms with E-state index in [0.717, 1.165) is 16.1 Å². The maximum absolute atomic E-state index is 10.3. The maximum atomic E-state index is 10.3. The molecule has 6 heteroatoms. The van der Waals surface area contributed by atoms with E-state index in [-0.39, 0.29) is 5.89 Å². The molecule has 0 atom stereocenters. The molecule has 1 aromatic heterocycles. The molecule has 0 saturated heterocycles. The zero-order chi connectivity index (χ0) is 12.3. The predicted octanol–water partition coefficient (Wildman–Crippen LogP) is 2.60. The third-order valence-corrected chi connectivity index (χ3v) is 2.37. The first-order valence-electron chi connectivity index (χ1n) is 4.65. The Bertz CT molecular complexity index is 578. The smallest absolute Gasteiger partial charge is 0.328 e. The van der Waals surface area contributed by atoms with Gasteiger partial charge in [0.15, 0.2) is 0 Å². The largest absolute Gasteiger partial charge is 0.478 e. The van der Waals surface area contributed by atoms with Crippen LogP contribution in [0.4, 0.5) is 0 Å². The SMILES string of the molecule is O=C(O)/C=C/c1nnc(-c2cccc(Br)c2)o1. The summed E-state index contributed by atoms with van der Waals surface area (Å²) in [6, 6.07) is 7.38. The van der Waals surface area contributed by atoms with Gasteiger partial charge in [-0.05, 0) is 18.2 Å². The van der Waals surface area contributed by atoms with Crippen LogP contribution in [0.25, 0.3) is 17.5 Å². The first-order valence-corrected chi connectivity index (χ1v) is 5.45. The van der Waals surface area contributed by atoms with Crippen molar-refractivity contribution >= 4 is 28.0 Å². The third kappa shape index (κ3) is 3.01. The van der Waals surface area contributed by atoms with Gasteiger partial charge in [0, 0.05) is 22.2 Å². The average molecular weight is 295 g/mol. The lowest BCUT2D eigenvalue weighted by molar-refractivity contribution is -0.131. The van der Waals surface area contributed by atoms with Crippen molar-refractivity contribution in [1.82, 2.24) is 10.2 Å². The minimum atomic E-state index is -1.06. The Kier molecular flexibility index (Phi) is 3.34. The second kappa shape index (κ2) is 4.92. The molecule has 86 valence electrons. The molecular formula is C11H7BrN2O3. The second-order valence-electron chi connectivity index (χ2n) is 3.13. The Hall–Kier alpha value is -1.95.